The van der Waals surface area contributed by atoms with E-state index in [0.717, 1.165) is 29.7 Å². The molecule has 33 heavy (non-hydrogen) atoms. The number of hydrogen-bond acceptors (Lipinski definition) is 3. The lowest BCUT2D eigenvalue weighted by Gasteiger charge is -2.27. The second-order valence-corrected chi connectivity index (χ2v) is 9.07. The van der Waals surface area contributed by atoms with E-state index < -0.39 is 0 Å². The smallest absolute Gasteiger partial charge is 0.231 e. The molecule has 0 radical (unpaired) electrons. The maximum absolute atomic E-state index is 14.4. The maximum atomic E-state index is 14.4. The number of anilines is 1. The molecule has 0 bridgehead atoms. The predicted octanol–water partition coefficient (Wildman–Crippen LogP) is 4.82. The number of para-hydroxylation sites is 1. The number of halogens is 1. The summed E-state index contributed by atoms with van der Waals surface area (Å²) in [7, 11) is 0. The van der Waals surface area contributed by atoms with Crippen molar-refractivity contribution in [1.29, 1.82) is 0 Å². The first-order valence-corrected chi connectivity index (χ1v) is 11.4. The van der Waals surface area contributed by atoms with E-state index in [-0.39, 0.29) is 17.6 Å². The molecule has 2 aliphatic heterocycles. The van der Waals surface area contributed by atoms with Crippen LogP contribution in [0.25, 0.3) is 16.6 Å². The van der Waals surface area contributed by atoms with Gasteiger partial charge in [-0.05, 0) is 36.8 Å². The molecule has 2 saturated heterocycles. The van der Waals surface area contributed by atoms with Crippen LogP contribution >= 0.6 is 0 Å². The van der Waals surface area contributed by atoms with Crippen LogP contribution in [0.1, 0.15) is 18.5 Å². The Bertz CT molecular complexity index is 1330. The number of benzene rings is 3. The van der Waals surface area contributed by atoms with Crippen molar-refractivity contribution in [2.45, 2.75) is 13.0 Å². The lowest BCUT2D eigenvalue weighted by molar-refractivity contribution is -0.120. The lowest BCUT2D eigenvalue weighted by atomic mass is 10.0. The summed E-state index contributed by atoms with van der Waals surface area (Å²) in [6.07, 6.45) is 1.74. The molecule has 3 heterocycles. The Balaban J connectivity index is 1.28. The van der Waals surface area contributed by atoms with Gasteiger partial charge in [0, 0.05) is 37.0 Å². The molecule has 2 fully saturated rings. The average molecular weight is 441 g/mol. The Kier molecular flexibility index (Phi) is 4.76. The largest absolute Gasteiger partial charge is 0.311 e. The zero-order valence-electron chi connectivity index (χ0n) is 18.4. The molecule has 2 aliphatic rings. The van der Waals surface area contributed by atoms with Crippen molar-refractivity contribution in [3.8, 4) is 5.69 Å². The van der Waals surface area contributed by atoms with Crippen molar-refractivity contribution in [2.75, 3.05) is 24.5 Å². The van der Waals surface area contributed by atoms with Crippen LogP contribution in [0.15, 0.2) is 79.0 Å². The van der Waals surface area contributed by atoms with Crippen LogP contribution < -0.4 is 4.90 Å². The van der Waals surface area contributed by atoms with Gasteiger partial charge in [-0.1, -0.05) is 48.5 Å². The number of amides is 1. The highest BCUT2D eigenvalue weighted by Gasteiger charge is 2.47. The second-order valence-electron chi connectivity index (χ2n) is 9.07. The van der Waals surface area contributed by atoms with Gasteiger partial charge in [-0.15, -0.1) is 0 Å². The molecule has 0 saturated carbocycles. The zero-order valence-corrected chi connectivity index (χ0v) is 18.4. The summed E-state index contributed by atoms with van der Waals surface area (Å²) in [6.45, 7) is 4.61. The van der Waals surface area contributed by atoms with Crippen molar-refractivity contribution in [2.24, 2.45) is 11.8 Å². The standard InChI is InChI=1S/C27H25FN4O/c1-18(19-8-3-2-4-9-19)30-15-20-16-31(27(33)22(20)17-30)24-12-7-13-25-21(24)14-29-32(25)26-11-6-5-10-23(26)28/h2-14,18,20,22H,15-17H2,1H3/t18-,20+,22+/m1/s1. The third-order valence-electron chi connectivity index (χ3n) is 7.26. The monoisotopic (exact) mass is 440 g/mol. The Morgan fingerprint density at radius 2 is 1.67 bits per heavy atom. The molecule has 3 atom stereocenters. The summed E-state index contributed by atoms with van der Waals surface area (Å²) in [6, 6.07) is 23.2. The van der Waals surface area contributed by atoms with Gasteiger partial charge in [0.05, 0.1) is 23.3 Å². The van der Waals surface area contributed by atoms with Gasteiger partial charge in [0.2, 0.25) is 5.91 Å². The van der Waals surface area contributed by atoms with Gasteiger partial charge in [0.25, 0.3) is 0 Å². The quantitative estimate of drug-likeness (QED) is 0.457. The Morgan fingerprint density at radius 1 is 0.909 bits per heavy atom. The molecule has 6 rings (SSSR count). The van der Waals surface area contributed by atoms with Gasteiger partial charge in [-0.3, -0.25) is 9.69 Å². The molecule has 0 aliphatic carbocycles. The molecule has 5 nitrogen and oxygen atoms in total. The van der Waals surface area contributed by atoms with Crippen LogP contribution in [0, 0.1) is 17.7 Å². The minimum atomic E-state index is -0.327. The van der Waals surface area contributed by atoms with Crippen molar-refractivity contribution in [3.63, 3.8) is 0 Å². The summed E-state index contributed by atoms with van der Waals surface area (Å²) in [4.78, 5) is 17.8. The van der Waals surface area contributed by atoms with Crippen molar-refractivity contribution in [3.05, 3.63) is 90.4 Å². The first kappa shape index (κ1) is 20.1. The third-order valence-corrected chi connectivity index (χ3v) is 7.26. The molecule has 0 unspecified atom stereocenters. The molecular weight excluding hydrogens is 415 g/mol. The fourth-order valence-corrected chi connectivity index (χ4v) is 5.46. The first-order valence-electron chi connectivity index (χ1n) is 11.4. The summed E-state index contributed by atoms with van der Waals surface area (Å²) < 4.78 is 16.0. The molecule has 166 valence electrons. The van der Waals surface area contributed by atoms with Crippen LogP contribution in [0.5, 0.6) is 0 Å². The molecule has 6 heteroatoms. The summed E-state index contributed by atoms with van der Waals surface area (Å²) in [5.74, 6) is 0.162. The molecule has 4 aromatic rings. The van der Waals surface area contributed by atoms with E-state index in [0.29, 0.717) is 24.2 Å². The van der Waals surface area contributed by atoms with E-state index in [1.807, 2.05) is 29.2 Å². The number of carbonyl (C=O) groups is 1. The maximum Gasteiger partial charge on any atom is 0.231 e. The van der Waals surface area contributed by atoms with E-state index >= 15 is 0 Å². The fraction of sp³-hybridized carbons (Fsp3) is 0.259. The minimum Gasteiger partial charge on any atom is -0.311 e. The lowest BCUT2D eigenvalue weighted by Crippen LogP contribution is -2.34. The van der Waals surface area contributed by atoms with Gasteiger partial charge in [0.1, 0.15) is 11.5 Å². The van der Waals surface area contributed by atoms with Crippen LogP contribution in [-0.2, 0) is 4.79 Å². The van der Waals surface area contributed by atoms with Gasteiger partial charge in [0.15, 0.2) is 0 Å². The fourth-order valence-electron chi connectivity index (χ4n) is 5.46. The van der Waals surface area contributed by atoms with E-state index in [1.54, 1.807) is 29.1 Å². The normalized spacial score (nSPS) is 21.6. The highest BCUT2D eigenvalue weighted by molar-refractivity contribution is 6.05. The predicted molar refractivity (Wildman–Crippen MR) is 127 cm³/mol. The molecule has 1 aromatic heterocycles. The van der Waals surface area contributed by atoms with Crippen molar-refractivity contribution in [1.82, 2.24) is 14.7 Å². The third kappa shape index (κ3) is 3.25. The number of hydrogen-bond donors (Lipinski definition) is 0. The highest BCUT2D eigenvalue weighted by atomic mass is 19.1. The van der Waals surface area contributed by atoms with Crippen LogP contribution in [0.2, 0.25) is 0 Å². The van der Waals surface area contributed by atoms with Crippen LogP contribution in [-0.4, -0.2) is 40.2 Å². The van der Waals surface area contributed by atoms with Gasteiger partial charge >= 0.3 is 0 Å². The number of aromatic nitrogens is 2. The molecule has 0 N–H and O–H groups in total. The van der Waals surface area contributed by atoms with Gasteiger partial charge in [-0.2, -0.15) is 5.10 Å². The number of likely N-dealkylation sites (tertiary alicyclic amines) is 1. The Hall–Kier alpha value is -3.51. The van der Waals surface area contributed by atoms with Crippen molar-refractivity contribution < 1.29 is 9.18 Å². The van der Waals surface area contributed by atoms with Crippen LogP contribution in [0.3, 0.4) is 0 Å². The van der Waals surface area contributed by atoms with Gasteiger partial charge < -0.3 is 4.90 Å². The molecular formula is C27H25FN4O. The summed E-state index contributed by atoms with van der Waals surface area (Å²) in [5.41, 5.74) is 3.34. The highest BCUT2D eigenvalue weighted by Crippen LogP contribution is 2.40. The van der Waals surface area contributed by atoms with Crippen LogP contribution in [0.4, 0.5) is 10.1 Å². The van der Waals surface area contributed by atoms with E-state index in [2.05, 4.69) is 41.2 Å². The number of carbonyl (C=O) groups excluding carboxylic acids is 1. The molecule has 3 aromatic carbocycles. The van der Waals surface area contributed by atoms with E-state index in [4.69, 9.17) is 0 Å². The topological polar surface area (TPSA) is 41.4 Å². The van der Waals surface area contributed by atoms with E-state index in [9.17, 15) is 9.18 Å². The number of fused-ring (bicyclic) bond motifs is 2. The SMILES string of the molecule is C[C@H](c1ccccc1)N1C[C@H]2CN(c3cccc4c3cnn4-c3ccccc3F)C(=O)[C@H]2C1. The first-order chi connectivity index (χ1) is 16.1. The minimum absolute atomic E-state index is 0.00744. The zero-order chi connectivity index (χ0) is 22.5. The Labute approximate surface area is 192 Å². The van der Waals surface area contributed by atoms with E-state index in [1.165, 1.54) is 11.6 Å². The summed E-state index contributed by atoms with van der Waals surface area (Å²) >= 11 is 0. The number of nitrogens with zero attached hydrogens (tertiary/aromatic N) is 4. The average Bonchev–Trinajstić information content (AvgIpc) is 3.54. The van der Waals surface area contributed by atoms with Crippen molar-refractivity contribution >= 4 is 22.5 Å². The second kappa shape index (κ2) is 7.81. The molecule has 1 amide bonds. The van der Waals surface area contributed by atoms with Gasteiger partial charge in [-0.25, -0.2) is 9.07 Å². The molecule has 0 spiro atoms. The number of rotatable bonds is 4. The Morgan fingerprint density at radius 3 is 2.45 bits per heavy atom. The summed E-state index contributed by atoms with van der Waals surface area (Å²) in [5, 5.41) is 5.32.